The number of hydrogen-bond donors (Lipinski definition) is 2. The first-order valence-electron chi connectivity index (χ1n) is 7.15. The molecule has 0 spiro atoms. The summed E-state index contributed by atoms with van der Waals surface area (Å²) >= 11 is 0. The Bertz CT molecular complexity index is 661. The normalized spacial score (nSPS) is 20.8. The van der Waals surface area contributed by atoms with Crippen molar-refractivity contribution in [2.24, 2.45) is 0 Å². The van der Waals surface area contributed by atoms with Gasteiger partial charge in [-0.15, -0.1) is 0 Å². The fraction of sp³-hybridized carbons (Fsp3) is 0.438. The summed E-state index contributed by atoms with van der Waals surface area (Å²) in [6.07, 6.45) is 2.34. The van der Waals surface area contributed by atoms with Crippen LogP contribution in [0, 0.1) is 0 Å². The van der Waals surface area contributed by atoms with Gasteiger partial charge in [0.1, 0.15) is 23.2 Å². The molecule has 1 unspecified atom stereocenters. The molecule has 6 heteroatoms. The van der Waals surface area contributed by atoms with Crippen LogP contribution in [0.4, 0.5) is 0 Å². The summed E-state index contributed by atoms with van der Waals surface area (Å²) < 4.78 is 16.3. The van der Waals surface area contributed by atoms with E-state index in [1.165, 1.54) is 13.2 Å². The number of rotatable bonds is 2. The van der Waals surface area contributed by atoms with Crippen LogP contribution in [-0.4, -0.2) is 36.3 Å². The van der Waals surface area contributed by atoms with Gasteiger partial charge in [0.15, 0.2) is 17.3 Å². The predicted molar refractivity (Wildman–Crippen MR) is 77.6 cm³/mol. The molecule has 0 saturated carbocycles. The Balaban J connectivity index is 2.17. The number of carbonyl (C=O) groups is 1. The molecule has 0 bridgehead atoms. The first-order chi connectivity index (χ1) is 10.6. The van der Waals surface area contributed by atoms with Crippen molar-refractivity contribution in [3.05, 3.63) is 23.0 Å². The Kier molecular flexibility index (Phi) is 3.70. The summed E-state index contributed by atoms with van der Waals surface area (Å²) in [5.41, 5.74) is 0.847. The van der Waals surface area contributed by atoms with E-state index in [1.807, 2.05) is 0 Å². The number of phenols is 2. The van der Waals surface area contributed by atoms with Crippen LogP contribution in [0.3, 0.4) is 0 Å². The third kappa shape index (κ3) is 2.20. The van der Waals surface area contributed by atoms with Gasteiger partial charge >= 0.3 is 0 Å². The van der Waals surface area contributed by atoms with Gasteiger partial charge in [-0.25, -0.2) is 0 Å². The number of ketones is 1. The van der Waals surface area contributed by atoms with Crippen molar-refractivity contribution in [2.75, 3.05) is 14.2 Å². The molecule has 22 heavy (non-hydrogen) atoms. The Hall–Kier alpha value is -2.21. The number of fused-ring (bicyclic) bond motifs is 1. The first kappa shape index (κ1) is 14.7. The zero-order valence-electron chi connectivity index (χ0n) is 12.5. The van der Waals surface area contributed by atoms with Gasteiger partial charge in [-0.05, 0) is 24.8 Å². The van der Waals surface area contributed by atoms with Crippen molar-refractivity contribution in [1.29, 1.82) is 0 Å². The van der Waals surface area contributed by atoms with E-state index in [-0.39, 0.29) is 46.9 Å². The second-order valence-corrected chi connectivity index (χ2v) is 5.44. The number of methoxy groups -OCH3 is 2. The molecule has 1 heterocycles. The molecule has 0 saturated heterocycles. The molecule has 2 N–H and O–H groups in total. The molecule has 1 aromatic rings. The Labute approximate surface area is 127 Å². The lowest BCUT2D eigenvalue weighted by atomic mass is 9.91. The fourth-order valence-electron chi connectivity index (χ4n) is 3.05. The molecular weight excluding hydrogens is 288 g/mol. The Morgan fingerprint density at radius 1 is 1.32 bits per heavy atom. The molecule has 3 rings (SSSR count). The van der Waals surface area contributed by atoms with E-state index in [9.17, 15) is 15.0 Å². The maximum atomic E-state index is 12.5. The molecule has 0 amide bonds. The number of aromatic hydroxyl groups is 2. The lowest BCUT2D eigenvalue weighted by molar-refractivity contribution is 0.0814. The van der Waals surface area contributed by atoms with Gasteiger partial charge < -0.3 is 24.4 Å². The molecule has 118 valence electrons. The summed E-state index contributed by atoms with van der Waals surface area (Å²) in [7, 11) is 2.95. The van der Waals surface area contributed by atoms with E-state index in [4.69, 9.17) is 14.2 Å². The minimum atomic E-state index is -0.294. The summed E-state index contributed by atoms with van der Waals surface area (Å²) in [4.78, 5) is 12.5. The van der Waals surface area contributed by atoms with Crippen LogP contribution in [0.5, 0.6) is 23.0 Å². The van der Waals surface area contributed by atoms with E-state index in [0.29, 0.717) is 5.76 Å². The van der Waals surface area contributed by atoms with E-state index in [2.05, 4.69) is 0 Å². The lowest BCUT2D eigenvalue weighted by Crippen LogP contribution is -2.23. The number of benzene rings is 1. The molecule has 0 aromatic heterocycles. The highest BCUT2D eigenvalue weighted by atomic mass is 16.5. The number of ether oxygens (including phenoxy) is 3. The maximum Gasteiger partial charge on any atom is 0.202 e. The van der Waals surface area contributed by atoms with Gasteiger partial charge in [-0.1, -0.05) is 0 Å². The number of hydrogen-bond acceptors (Lipinski definition) is 6. The summed E-state index contributed by atoms with van der Waals surface area (Å²) in [5.74, 6) is -0.286. The fourth-order valence-corrected chi connectivity index (χ4v) is 3.05. The summed E-state index contributed by atoms with van der Waals surface area (Å²) in [6.45, 7) is 0. The van der Waals surface area contributed by atoms with Gasteiger partial charge in [0.25, 0.3) is 0 Å². The quantitative estimate of drug-likeness (QED) is 0.817. The van der Waals surface area contributed by atoms with Crippen LogP contribution in [0.25, 0.3) is 0 Å². The van der Waals surface area contributed by atoms with E-state index < -0.39 is 0 Å². The molecule has 0 fully saturated rings. The van der Waals surface area contributed by atoms with Crippen molar-refractivity contribution in [3.63, 3.8) is 0 Å². The molecule has 0 radical (unpaired) electrons. The average Bonchev–Trinajstić information content (AvgIpc) is 2.66. The maximum absolute atomic E-state index is 12.5. The Morgan fingerprint density at radius 3 is 2.77 bits per heavy atom. The molecular formula is C16H18O6. The van der Waals surface area contributed by atoms with Crippen LogP contribution < -0.4 is 9.47 Å². The summed E-state index contributed by atoms with van der Waals surface area (Å²) in [5, 5.41) is 20.4. The highest BCUT2D eigenvalue weighted by Gasteiger charge is 2.35. The van der Waals surface area contributed by atoms with Gasteiger partial charge in [-0.3, -0.25) is 4.79 Å². The molecule has 6 nitrogen and oxygen atoms in total. The van der Waals surface area contributed by atoms with Crippen LogP contribution in [0.1, 0.15) is 36.0 Å². The van der Waals surface area contributed by atoms with Crippen molar-refractivity contribution >= 4 is 5.78 Å². The van der Waals surface area contributed by atoms with Crippen molar-refractivity contribution in [1.82, 2.24) is 0 Å². The largest absolute Gasteiger partial charge is 0.507 e. The van der Waals surface area contributed by atoms with Crippen molar-refractivity contribution in [2.45, 2.75) is 31.8 Å². The van der Waals surface area contributed by atoms with Gasteiger partial charge in [-0.2, -0.15) is 0 Å². The van der Waals surface area contributed by atoms with E-state index in [1.54, 1.807) is 7.11 Å². The lowest BCUT2D eigenvalue weighted by Gasteiger charge is -2.26. The highest BCUT2D eigenvalue weighted by molar-refractivity contribution is 6.04. The van der Waals surface area contributed by atoms with Crippen LogP contribution in [-0.2, 0) is 4.74 Å². The first-order valence-corrected chi connectivity index (χ1v) is 7.15. The SMILES string of the molecule is COc1cc(O)c2c(c1O)OC1=C(CCCC1OC)CC2=O. The van der Waals surface area contributed by atoms with Gasteiger partial charge in [0.05, 0.1) is 7.11 Å². The van der Waals surface area contributed by atoms with Crippen molar-refractivity contribution < 1.29 is 29.2 Å². The highest BCUT2D eigenvalue weighted by Crippen LogP contribution is 2.48. The van der Waals surface area contributed by atoms with Crippen LogP contribution in [0.15, 0.2) is 17.4 Å². The standard InChI is InChI=1S/C16H18O6/c1-20-11-5-3-4-8-6-9(17)13-10(18)7-12(21-2)14(19)16(13)22-15(8)11/h7,11,18-19H,3-6H2,1-2H3. The van der Waals surface area contributed by atoms with Gasteiger partial charge in [0.2, 0.25) is 5.75 Å². The molecule has 2 aliphatic rings. The minimum Gasteiger partial charge on any atom is -0.507 e. The average molecular weight is 306 g/mol. The monoisotopic (exact) mass is 306 g/mol. The van der Waals surface area contributed by atoms with Gasteiger partial charge in [0, 0.05) is 19.6 Å². The molecule has 1 atom stereocenters. The number of carbonyl (C=O) groups excluding carboxylic acids is 1. The number of Topliss-reactive ketones (excluding diaryl/α,β-unsaturated/α-hetero) is 1. The predicted octanol–water partition coefficient (Wildman–Crippen LogP) is 2.52. The van der Waals surface area contributed by atoms with E-state index in [0.717, 1.165) is 24.8 Å². The minimum absolute atomic E-state index is 0.0115. The topological polar surface area (TPSA) is 85.2 Å². The van der Waals surface area contributed by atoms with Crippen molar-refractivity contribution in [3.8, 4) is 23.0 Å². The second-order valence-electron chi connectivity index (χ2n) is 5.44. The third-order valence-electron chi connectivity index (χ3n) is 4.15. The van der Waals surface area contributed by atoms with Crippen LogP contribution >= 0.6 is 0 Å². The third-order valence-corrected chi connectivity index (χ3v) is 4.15. The zero-order chi connectivity index (χ0) is 15.9. The Morgan fingerprint density at radius 2 is 2.09 bits per heavy atom. The molecule has 1 aromatic carbocycles. The van der Waals surface area contributed by atoms with E-state index >= 15 is 0 Å². The summed E-state index contributed by atoms with van der Waals surface area (Å²) in [6, 6.07) is 1.22. The number of phenolic OH excluding ortho intramolecular Hbond substituents is 2. The zero-order valence-corrected chi connectivity index (χ0v) is 12.5. The number of allylic oxidation sites excluding steroid dienone is 1. The smallest absolute Gasteiger partial charge is 0.202 e. The molecule has 1 aliphatic carbocycles. The molecule has 1 aliphatic heterocycles. The second kappa shape index (κ2) is 5.53. The van der Waals surface area contributed by atoms with Crippen LogP contribution in [0.2, 0.25) is 0 Å².